The van der Waals surface area contributed by atoms with E-state index in [0.717, 1.165) is 3.79 Å². The van der Waals surface area contributed by atoms with E-state index in [2.05, 4.69) is 26.2 Å². The molecule has 0 saturated carbocycles. The minimum Gasteiger partial charge on any atom is -0.481 e. The van der Waals surface area contributed by atoms with Crippen molar-refractivity contribution in [2.24, 2.45) is 0 Å². The molecule has 0 unspecified atom stereocenters. The number of nitrogens with one attached hydrogen (secondary N) is 1. The molecule has 18 heavy (non-hydrogen) atoms. The number of urea groups is 1. The maximum absolute atomic E-state index is 11.9. The zero-order chi connectivity index (χ0) is 13.7. The molecule has 6 nitrogen and oxygen atoms in total. The van der Waals surface area contributed by atoms with Crippen LogP contribution in [0.15, 0.2) is 9.98 Å². The van der Waals surface area contributed by atoms with Gasteiger partial charge in [-0.3, -0.25) is 10.1 Å². The van der Waals surface area contributed by atoms with Crippen LogP contribution < -0.4 is 5.32 Å². The average Bonchev–Trinajstić information content (AvgIpc) is 2.63. The number of halogens is 1. The maximum Gasteiger partial charge on any atom is 0.323 e. The first kappa shape index (κ1) is 14.9. The van der Waals surface area contributed by atoms with E-state index in [1.165, 1.54) is 16.2 Å². The van der Waals surface area contributed by atoms with Gasteiger partial charge < -0.3 is 10.0 Å². The van der Waals surface area contributed by atoms with Gasteiger partial charge in [0.15, 0.2) is 5.13 Å². The van der Waals surface area contributed by atoms with Crippen LogP contribution >= 0.6 is 27.3 Å². The Hall–Kier alpha value is -1.15. The molecule has 0 atom stereocenters. The zero-order valence-electron chi connectivity index (χ0n) is 10.0. The number of carboxylic acids is 1. The van der Waals surface area contributed by atoms with Crippen LogP contribution in [0.2, 0.25) is 0 Å². The first-order valence-corrected chi connectivity index (χ1v) is 6.92. The fraction of sp³-hybridized carbons (Fsp3) is 0.500. The summed E-state index contributed by atoms with van der Waals surface area (Å²) >= 11 is 4.55. The van der Waals surface area contributed by atoms with Gasteiger partial charge in [-0.25, -0.2) is 9.78 Å². The lowest BCUT2D eigenvalue weighted by Gasteiger charge is -2.25. The van der Waals surface area contributed by atoms with E-state index in [0.29, 0.717) is 5.13 Å². The fourth-order valence-corrected chi connectivity index (χ4v) is 2.38. The van der Waals surface area contributed by atoms with E-state index in [1.54, 1.807) is 6.20 Å². The third-order valence-electron chi connectivity index (χ3n) is 2.14. The number of amides is 2. The lowest BCUT2D eigenvalue weighted by molar-refractivity contribution is -0.137. The molecule has 1 rings (SSSR count). The summed E-state index contributed by atoms with van der Waals surface area (Å²) in [6.45, 7) is 3.84. The molecule has 100 valence electrons. The van der Waals surface area contributed by atoms with Crippen LogP contribution in [0.1, 0.15) is 20.3 Å². The number of carbonyl (C=O) groups excluding carboxylic acids is 1. The van der Waals surface area contributed by atoms with E-state index in [1.807, 2.05) is 13.8 Å². The van der Waals surface area contributed by atoms with Crippen LogP contribution in [0, 0.1) is 0 Å². The van der Waals surface area contributed by atoms with E-state index < -0.39 is 5.97 Å². The molecule has 0 aromatic carbocycles. The van der Waals surface area contributed by atoms with Crippen molar-refractivity contribution in [3.63, 3.8) is 0 Å². The van der Waals surface area contributed by atoms with Gasteiger partial charge >= 0.3 is 12.0 Å². The van der Waals surface area contributed by atoms with Crippen molar-refractivity contribution in [1.29, 1.82) is 0 Å². The Balaban J connectivity index is 2.62. The second-order valence-electron chi connectivity index (χ2n) is 3.83. The van der Waals surface area contributed by atoms with Crippen LogP contribution in [0.3, 0.4) is 0 Å². The summed E-state index contributed by atoms with van der Waals surface area (Å²) in [4.78, 5) is 27.9. The quantitative estimate of drug-likeness (QED) is 0.866. The monoisotopic (exact) mass is 335 g/mol. The lowest BCUT2D eigenvalue weighted by atomic mass is 10.3. The average molecular weight is 336 g/mol. The van der Waals surface area contributed by atoms with Crippen molar-refractivity contribution in [3.05, 3.63) is 9.98 Å². The van der Waals surface area contributed by atoms with Gasteiger partial charge in [-0.05, 0) is 29.8 Å². The van der Waals surface area contributed by atoms with Crippen LogP contribution in [0.5, 0.6) is 0 Å². The SMILES string of the molecule is CC(C)N(CCC(=O)O)C(=O)Nc1ncc(Br)s1. The number of nitrogens with zero attached hydrogens (tertiary/aromatic N) is 2. The van der Waals surface area contributed by atoms with Crippen LogP contribution in [-0.2, 0) is 4.79 Å². The lowest BCUT2D eigenvalue weighted by Crippen LogP contribution is -2.41. The van der Waals surface area contributed by atoms with Crippen LogP contribution in [0.4, 0.5) is 9.93 Å². The van der Waals surface area contributed by atoms with Gasteiger partial charge in [0.1, 0.15) is 0 Å². The highest BCUT2D eigenvalue weighted by Gasteiger charge is 2.18. The zero-order valence-corrected chi connectivity index (χ0v) is 12.4. The summed E-state index contributed by atoms with van der Waals surface area (Å²) in [5.74, 6) is -0.926. The second kappa shape index (κ2) is 6.69. The normalized spacial score (nSPS) is 10.4. The minimum atomic E-state index is -0.926. The molecule has 0 aliphatic carbocycles. The van der Waals surface area contributed by atoms with Gasteiger partial charge in [0.2, 0.25) is 0 Å². The Morgan fingerprint density at radius 3 is 2.72 bits per heavy atom. The fourth-order valence-electron chi connectivity index (χ4n) is 1.29. The summed E-state index contributed by atoms with van der Waals surface area (Å²) in [5, 5.41) is 11.8. The molecule has 0 saturated heterocycles. The van der Waals surface area contributed by atoms with E-state index >= 15 is 0 Å². The molecule has 2 amide bonds. The van der Waals surface area contributed by atoms with Crippen molar-refractivity contribution in [2.75, 3.05) is 11.9 Å². The number of aliphatic carboxylic acids is 1. The molecule has 8 heteroatoms. The number of hydrogen-bond acceptors (Lipinski definition) is 4. The van der Waals surface area contributed by atoms with E-state index in [-0.39, 0.29) is 25.0 Å². The molecule has 0 aliphatic rings. The maximum atomic E-state index is 11.9. The summed E-state index contributed by atoms with van der Waals surface area (Å²) in [6.07, 6.45) is 1.52. The van der Waals surface area contributed by atoms with Crippen molar-refractivity contribution in [2.45, 2.75) is 26.3 Å². The van der Waals surface area contributed by atoms with Crippen molar-refractivity contribution < 1.29 is 14.7 Å². The number of aromatic nitrogens is 1. The number of thiazole rings is 1. The Bertz CT molecular complexity index is 436. The Kier molecular flexibility index (Phi) is 5.54. The molecule has 0 aliphatic heterocycles. The molecule has 0 spiro atoms. The third-order valence-corrected chi connectivity index (χ3v) is 3.53. The highest BCUT2D eigenvalue weighted by atomic mass is 79.9. The summed E-state index contributed by atoms with van der Waals surface area (Å²) in [5.41, 5.74) is 0. The van der Waals surface area contributed by atoms with Crippen LogP contribution in [0.25, 0.3) is 0 Å². The van der Waals surface area contributed by atoms with Gasteiger partial charge in [-0.1, -0.05) is 11.3 Å². The van der Waals surface area contributed by atoms with Gasteiger partial charge in [0, 0.05) is 12.6 Å². The largest absolute Gasteiger partial charge is 0.481 e. The van der Waals surface area contributed by atoms with Crippen LogP contribution in [-0.4, -0.2) is 39.6 Å². The third kappa shape index (κ3) is 4.61. The highest BCUT2D eigenvalue weighted by molar-refractivity contribution is 9.11. The molecular weight excluding hydrogens is 322 g/mol. The molecular formula is C10H14BrN3O3S. The van der Waals surface area contributed by atoms with Gasteiger partial charge in [-0.2, -0.15) is 0 Å². The Labute approximate surface area is 117 Å². The number of hydrogen-bond donors (Lipinski definition) is 2. The molecule has 1 heterocycles. The minimum absolute atomic E-state index is 0.0762. The summed E-state index contributed by atoms with van der Waals surface area (Å²) in [6, 6.07) is -0.416. The van der Waals surface area contributed by atoms with Gasteiger partial charge in [0.05, 0.1) is 16.4 Å². The number of anilines is 1. The molecule has 0 fully saturated rings. The predicted molar refractivity (Wildman–Crippen MR) is 72.9 cm³/mol. The van der Waals surface area contributed by atoms with Gasteiger partial charge in [0.25, 0.3) is 0 Å². The number of carbonyl (C=O) groups is 2. The van der Waals surface area contributed by atoms with Crippen molar-refractivity contribution in [1.82, 2.24) is 9.88 Å². The molecule has 2 N–H and O–H groups in total. The number of rotatable bonds is 5. The van der Waals surface area contributed by atoms with Crippen molar-refractivity contribution in [3.8, 4) is 0 Å². The Morgan fingerprint density at radius 2 is 2.28 bits per heavy atom. The first-order valence-electron chi connectivity index (χ1n) is 5.31. The molecule has 0 radical (unpaired) electrons. The summed E-state index contributed by atoms with van der Waals surface area (Å²) < 4.78 is 0.819. The summed E-state index contributed by atoms with van der Waals surface area (Å²) in [7, 11) is 0. The smallest absolute Gasteiger partial charge is 0.323 e. The number of carboxylic acid groups (broad SMARTS) is 1. The molecule has 1 aromatic rings. The van der Waals surface area contributed by atoms with Gasteiger partial charge in [-0.15, -0.1) is 0 Å². The predicted octanol–water partition coefficient (Wildman–Crippen LogP) is 2.62. The van der Waals surface area contributed by atoms with E-state index in [4.69, 9.17) is 5.11 Å². The van der Waals surface area contributed by atoms with E-state index in [9.17, 15) is 9.59 Å². The highest BCUT2D eigenvalue weighted by Crippen LogP contribution is 2.23. The second-order valence-corrected chi connectivity index (χ2v) is 6.24. The molecule has 1 aromatic heterocycles. The topological polar surface area (TPSA) is 82.5 Å². The first-order chi connectivity index (χ1) is 8.40. The Morgan fingerprint density at radius 1 is 1.61 bits per heavy atom. The standard InChI is InChI=1S/C10H14BrN3O3S/c1-6(2)14(4-3-8(15)16)10(17)13-9-12-5-7(11)18-9/h5-6H,3-4H2,1-2H3,(H,15,16)(H,12,13,17). The molecule has 0 bridgehead atoms. The van der Waals surface area contributed by atoms with Crippen molar-refractivity contribution >= 4 is 44.4 Å².